The van der Waals surface area contributed by atoms with Crippen molar-refractivity contribution < 1.29 is 9.53 Å². The van der Waals surface area contributed by atoms with Gasteiger partial charge in [-0.15, -0.1) is 0 Å². The third-order valence-electron chi connectivity index (χ3n) is 2.92. The van der Waals surface area contributed by atoms with Crippen LogP contribution in [-0.4, -0.2) is 18.6 Å². The van der Waals surface area contributed by atoms with E-state index in [4.69, 9.17) is 21.6 Å². The molecular weight excluding hydrogens is 252 g/mol. The van der Waals surface area contributed by atoms with Crippen LogP contribution in [0.1, 0.15) is 18.9 Å². The molecule has 1 aromatic carbocycles. The van der Waals surface area contributed by atoms with Crippen molar-refractivity contribution in [2.24, 2.45) is 5.92 Å². The summed E-state index contributed by atoms with van der Waals surface area (Å²) in [4.78, 5) is 12.0. The minimum absolute atomic E-state index is 0.113. The van der Waals surface area contributed by atoms with E-state index in [2.05, 4.69) is 5.32 Å². The number of ether oxygens (including phenoxy) is 1. The van der Waals surface area contributed by atoms with Crippen LogP contribution in [0.3, 0.4) is 0 Å². The Morgan fingerprint density at radius 2 is 2.39 bits per heavy atom. The van der Waals surface area contributed by atoms with Crippen molar-refractivity contribution >= 4 is 23.2 Å². The average Bonchev–Trinajstić information content (AvgIpc) is 2.79. The van der Waals surface area contributed by atoms with Gasteiger partial charge in [0, 0.05) is 0 Å². The molecule has 1 N–H and O–H groups in total. The van der Waals surface area contributed by atoms with E-state index in [1.54, 1.807) is 18.2 Å². The number of benzene rings is 1. The second-order valence-electron chi connectivity index (χ2n) is 4.37. The maximum absolute atomic E-state index is 12.0. The Balaban J connectivity index is 2.09. The van der Waals surface area contributed by atoms with Gasteiger partial charge in [-0.3, -0.25) is 4.79 Å². The molecule has 0 radical (unpaired) electrons. The fraction of sp³-hybridized carbons (Fsp3) is 0.385. The predicted octanol–water partition coefficient (Wildman–Crippen LogP) is 2.58. The topological polar surface area (TPSA) is 62.1 Å². The van der Waals surface area contributed by atoms with Gasteiger partial charge >= 0.3 is 0 Å². The summed E-state index contributed by atoms with van der Waals surface area (Å²) in [6.45, 7) is 2.37. The zero-order chi connectivity index (χ0) is 13.1. The van der Waals surface area contributed by atoms with Crippen LogP contribution in [0.5, 0.6) is 0 Å². The summed E-state index contributed by atoms with van der Waals surface area (Å²) in [5, 5.41) is 12.0. The highest BCUT2D eigenvalue weighted by atomic mass is 35.5. The molecule has 2 rings (SSSR count). The van der Waals surface area contributed by atoms with E-state index in [9.17, 15) is 4.79 Å². The lowest BCUT2D eigenvalue weighted by atomic mass is 10.1. The van der Waals surface area contributed by atoms with E-state index in [1.807, 2.05) is 13.0 Å². The summed E-state index contributed by atoms with van der Waals surface area (Å²) in [6.07, 6.45) is 0.822. The monoisotopic (exact) mass is 264 g/mol. The maximum atomic E-state index is 12.0. The summed E-state index contributed by atoms with van der Waals surface area (Å²) in [5.74, 6) is -0.266. The third kappa shape index (κ3) is 2.81. The molecule has 0 spiro atoms. The van der Waals surface area contributed by atoms with Crippen LogP contribution in [-0.2, 0) is 9.53 Å². The van der Waals surface area contributed by atoms with Gasteiger partial charge in [0.05, 0.1) is 41.0 Å². The molecule has 2 atom stereocenters. The largest absolute Gasteiger partial charge is 0.378 e. The summed E-state index contributed by atoms with van der Waals surface area (Å²) in [6, 6.07) is 6.79. The molecule has 0 aromatic heterocycles. The first-order valence-corrected chi connectivity index (χ1v) is 6.10. The van der Waals surface area contributed by atoms with Gasteiger partial charge in [-0.1, -0.05) is 11.6 Å². The van der Waals surface area contributed by atoms with Crippen molar-refractivity contribution in [1.29, 1.82) is 5.26 Å². The molecule has 1 aromatic rings. The summed E-state index contributed by atoms with van der Waals surface area (Å²) in [5.41, 5.74) is 0.936. The number of nitrogens with one attached hydrogen (secondary N) is 1. The molecule has 0 aliphatic carbocycles. The number of anilines is 1. The summed E-state index contributed by atoms with van der Waals surface area (Å²) >= 11 is 5.98. The molecular formula is C13H13ClN2O2. The number of nitriles is 1. The number of hydrogen-bond donors (Lipinski definition) is 1. The molecule has 4 nitrogen and oxygen atoms in total. The molecule has 2 unspecified atom stereocenters. The summed E-state index contributed by atoms with van der Waals surface area (Å²) in [7, 11) is 0. The number of halogens is 1. The van der Waals surface area contributed by atoms with Crippen LogP contribution in [0, 0.1) is 17.2 Å². The van der Waals surface area contributed by atoms with E-state index in [1.165, 1.54) is 0 Å². The van der Waals surface area contributed by atoms with Gasteiger partial charge in [0.1, 0.15) is 0 Å². The van der Waals surface area contributed by atoms with E-state index in [0.29, 0.717) is 29.3 Å². The van der Waals surface area contributed by atoms with Gasteiger partial charge in [-0.25, -0.2) is 0 Å². The number of amides is 1. The first kappa shape index (κ1) is 12.9. The molecule has 18 heavy (non-hydrogen) atoms. The standard InChI is InChI=1S/C13H13ClN2O2/c1-8-4-10(7-18-8)13(17)16-12-5-9(6-15)2-3-11(12)14/h2-3,5,8,10H,4,7H2,1H3,(H,16,17). The van der Waals surface area contributed by atoms with Gasteiger partial charge in [-0.2, -0.15) is 5.26 Å². The van der Waals surface area contributed by atoms with Crippen molar-refractivity contribution in [1.82, 2.24) is 0 Å². The average molecular weight is 265 g/mol. The number of carbonyl (C=O) groups excluding carboxylic acids is 1. The lowest BCUT2D eigenvalue weighted by molar-refractivity contribution is -0.119. The minimum atomic E-state index is -0.151. The highest BCUT2D eigenvalue weighted by Gasteiger charge is 2.28. The Bertz CT molecular complexity index is 510. The van der Waals surface area contributed by atoms with Crippen LogP contribution >= 0.6 is 11.6 Å². The number of carbonyl (C=O) groups is 1. The van der Waals surface area contributed by atoms with Crippen LogP contribution < -0.4 is 5.32 Å². The van der Waals surface area contributed by atoms with E-state index < -0.39 is 0 Å². The Hall–Kier alpha value is -1.57. The second kappa shape index (κ2) is 5.38. The van der Waals surface area contributed by atoms with Crippen LogP contribution in [0.4, 0.5) is 5.69 Å². The SMILES string of the molecule is CC1CC(C(=O)Nc2cc(C#N)ccc2Cl)CO1. The molecule has 1 heterocycles. The van der Waals surface area contributed by atoms with Gasteiger partial charge < -0.3 is 10.1 Å². The lowest BCUT2D eigenvalue weighted by Gasteiger charge is -2.11. The van der Waals surface area contributed by atoms with E-state index in [0.717, 1.165) is 0 Å². The quantitative estimate of drug-likeness (QED) is 0.893. The second-order valence-corrected chi connectivity index (χ2v) is 4.78. The van der Waals surface area contributed by atoms with Gasteiger partial charge in [0.2, 0.25) is 5.91 Å². The first-order chi connectivity index (χ1) is 8.60. The molecule has 0 bridgehead atoms. The Morgan fingerprint density at radius 1 is 1.61 bits per heavy atom. The molecule has 1 aliphatic heterocycles. The zero-order valence-electron chi connectivity index (χ0n) is 9.94. The minimum Gasteiger partial charge on any atom is -0.378 e. The number of hydrogen-bond acceptors (Lipinski definition) is 3. The lowest BCUT2D eigenvalue weighted by Crippen LogP contribution is -2.23. The molecule has 1 saturated heterocycles. The smallest absolute Gasteiger partial charge is 0.229 e. The van der Waals surface area contributed by atoms with Crippen LogP contribution in [0.15, 0.2) is 18.2 Å². The van der Waals surface area contributed by atoms with Gasteiger partial charge in [0.15, 0.2) is 0 Å². The molecule has 1 amide bonds. The Labute approximate surface area is 111 Å². The summed E-state index contributed by atoms with van der Waals surface area (Å²) < 4.78 is 5.35. The normalized spacial score (nSPS) is 22.5. The van der Waals surface area contributed by atoms with E-state index in [-0.39, 0.29) is 17.9 Å². The Morgan fingerprint density at radius 3 is 3.00 bits per heavy atom. The molecule has 5 heteroatoms. The van der Waals surface area contributed by atoms with Crippen LogP contribution in [0.2, 0.25) is 5.02 Å². The van der Waals surface area contributed by atoms with Crippen LogP contribution in [0.25, 0.3) is 0 Å². The van der Waals surface area contributed by atoms with Crippen molar-refractivity contribution in [2.75, 3.05) is 11.9 Å². The highest BCUT2D eigenvalue weighted by Crippen LogP contribution is 2.25. The fourth-order valence-corrected chi connectivity index (χ4v) is 2.09. The molecule has 94 valence electrons. The number of nitrogens with zero attached hydrogens (tertiary/aromatic N) is 1. The zero-order valence-corrected chi connectivity index (χ0v) is 10.7. The van der Waals surface area contributed by atoms with Crippen molar-refractivity contribution in [2.45, 2.75) is 19.4 Å². The maximum Gasteiger partial charge on any atom is 0.229 e. The Kier molecular flexibility index (Phi) is 3.85. The predicted molar refractivity (Wildman–Crippen MR) is 68.3 cm³/mol. The van der Waals surface area contributed by atoms with E-state index >= 15 is 0 Å². The highest BCUT2D eigenvalue weighted by molar-refractivity contribution is 6.33. The van der Waals surface area contributed by atoms with Gasteiger partial charge in [-0.05, 0) is 31.5 Å². The fourth-order valence-electron chi connectivity index (χ4n) is 1.93. The molecule has 1 aliphatic rings. The molecule has 0 saturated carbocycles. The first-order valence-electron chi connectivity index (χ1n) is 5.72. The third-order valence-corrected chi connectivity index (χ3v) is 3.25. The van der Waals surface area contributed by atoms with Crippen molar-refractivity contribution in [3.05, 3.63) is 28.8 Å². The number of rotatable bonds is 2. The van der Waals surface area contributed by atoms with Crippen molar-refractivity contribution in [3.8, 4) is 6.07 Å². The molecule has 1 fully saturated rings. The van der Waals surface area contributed by atoms with Crippen molar-refractivity contribution in [3.63, 3.8) is 0 Å². The van der Waals surface area contributed by atoms with Gasteiger partial charge in [0.25, 0.3) is 0 Å².